The number of benzene rings is 1. The summed E-state index contributed by atoms with van der Waals surface area (Å²) in [5, 5.41) is 27.2. The molecule has 1 aromatic heterocycles. The molecule has 0 bridgehead atoms. The van der Waals surface area contributed by atoms with Crippen LogP contribution < -0.4 is 0 Å². The fraction of sp³-hybridized carbons (Fsp3) is 0.200. The molecule has 0 aliphatic heterocycles. The Morgan fingerprint density at radius 1 is 1.47 bits per heavy atom. The molecular weight excluding hydrogens is 226 g/mol. The number of aliphatic hydroxyl groups excluding tert-OH is 1. The second-order valence-electron chi connectivity index (χ2n) is 3.38. The van der Waals surface area contributed by atoms with Gasteiger partial charge in [0, 0.05) is 24.6 Å². The maximum atomic E-state index is 10.6. The highest BCUT2D eigenvalue weighted by Gasteiger charge is 2.15. The predicted octanol–water partition coefficient (Wildman–Crippen LogP) is 1.45. The van der Waals surface area contributed by atoms with Gasteiger partial charge in [0.05, 0.1) is 11.5 Å². The molecule has 0 aliphatic carbocycles. The van der Waals surface area contributed by atoms with Crippen LogP contribution in [-0.2, 0) is 6.61 Å². The fourth-order valence-electron chi connectivity index (χ4n) is 1.44. The second-order valence-corrected chi connectivity index (χ2v) is 3.38. The Hall–Kier alpha value is -2.28. The van der Waals surface area contributed by atoms with Gasteiger partial charge in [0.25, 0.3) is 5.69 Å². The summed E-state index contributed by atoms with van der Waals surface area (Å²) in [7, 11) is 0. The van der Waals surface area contributed by atoms with Crippen LogP contribution in [0.1, 0.15) is 11.5 Å². The van der Waals surface area contributed by atoms with E-state index in [4.69, 9.17) is 4.42 Å². The number of aromatic nitrogens is 2. The lowest BCUT2D eigenvalue weighted by molar-refractivity contribution is -0.384. The van der Waals surface area contributed by atoms with Crippen LogP contribution in [0.15, 0.2) is 22.6 Å². The number of hydrogen-bond donors (Lipinski definition) is 1. The molecule has 17 heavy (non-hydrogen) atoms. The van der Waals surface area contributed by atoms with Gasteiger partial charge in [-0.1, -0.05) is 0 Å². The third-order valence-corrected chi connectivity index (χ3v) is 2.23. The van der Waals surface area contributed by atoms with E-state index < -0.39 is 4.92 Å². The van der Waals surface area contributed by atoms with E-state index in [0.29, 0.717) is 17.0 Å². The third-order valence-electron chi connectivity index (χ3n) is 2.23. The molecule has 0 spiro atoms. The summed E-state index contributed by atoms with van der Waals surface area (Å²) < 4.78 is 5.21. The Bertz CT molecular complexity index is 564. The molecule has 88 valence electrons. The van der Waals surface area contributed by atoms with E-state index in [0.717, 1.165) is 0 Å². The lowest BCUT2D eigenvalue weighted by Gasteiger charge is -2.02. The molecule has 2 aromatic rings. The average molecular weight is 235 g/mol. The number of aliphatic hydroxyl groups is 1. The zero-order valence-corrected chi connectivity index (χ0v) is 8.95. The number of non-ortho nitro benzene ring substituents is 1. The van der Waals surface area contributed by atoms with Gasteiger partial charge in [-0.2, -0.15) is 0 Å². The van der Waals surface area contributed by atoms with Crippen molar-refractivity contribution >= 4 is 5.69 Å². The monoisotopic (exact) mass is 235 g/mol. The van der Waals surface area contributed by atoms with Crippen molar-refractivity contribution in [3.8, 4) is 11.5 Å². The summed E-state index contributed by atoms with van der Waals surface area (Å²) in [5.41, 5.74) is 0.788. The van der Waals surface area contributed by atoms with Crippen LogP contribution in [0.4, 0.5) is 5.69 Å². The molecular formula is C10H9N3O4. The Labute approximate surface area is 95.9 Å². The average Bonchev–Trinajstić information content (AvgIpc) is 2.74. The molecule has 7 heteroatoms. The van der Waals surface area contributed by atoms with Gasteiger partial charge in [0.1, 0.15) is 0 Å². The van der Waals surface area contributed by atoms with E-state index >= 15 is 0 Å². The van der Waals surface area contributed by atoms with Gasteiger partial charge in [-0.15, -0.1) is 10.2 Å². The topological polar surface area (TPSA) is 102 Å². The van der Waals surface area contributed by atoms with E-state index in [1.165, 1.54) is 18.2 Å². The van der Waals surface area contributed by atoms with Crippen LogP contribution in [-0.4, -0.2) is 20.2 Å². The summed E-state index contributed by atoms with van der Waals surface area (Å²) in [6.07, 6.45) is 0. The molecule has 0 unspecified atom stereocenters. The van der Waals surface area contributed by atoms with E-state index in [1.54, 1.807) is 6.92 Å². The molecule has 0 aliphatic rings. The predicted molar refractivity (Wildman–Crippen MR) is 57.0 cm³/mol. The Morgan fingerprint density at radius 3 is 2.76 bits per heavy atom. The number of nitro benzene ring substituents is 1. The Balaban J connectivity index is 2.51. The molecule has 0 radical (unpaired) electrons. The largest absolute Gasteiger partial charge is 0.421 e. The van der Waals surface area contributed by atoms with E-state index in [1.807, 2.05) is 0 Å². The van der Waals surface area contributed by atoms with Crippen LogP contribution in [0.2, 0.25) is 0 Å². The molecule has 0 saturated carbocycles. The molecule has 0 atom stereocenters. The Kier molecular flexibility index (Phi) is 2.84. The molecule has 1 heterocycles. The number of nitro groups is 1. The SMILES string of the molecule is Cc1nnc(-c2ccc([N+](=O)[O-])cc2CO)o1. The number of nitrogens with zero attached hydrogens (tertiary/aromatic N) is 3. The summed E-state index contributed by atoms with van der Waals surface area (Å²) in [5.74, 6) is 0.628. The number of hydrogen-bond acceptors (Lipinski definition) is 6. The highest BCUT2D eigenvalue weighted by atomic mass is 16.6. The van der Waals surface area contributed by atoms with Crippen LogP contribution in [0.3, 0.4) is 0 Å². The number of rotatable bonds is 3. The zero-order valence-electron chi connectivity index (χ0n) is 8.95. The van der Waals surface area contributed by atoms with Gasteiger partial charge in [-0.05, 0) is 11.6 Å². The van der Waals surface area contributed by atoms with Gasteiger partial charge in [-0.3, -0.25) is 10.1 Å². The van der Waals surface area contributed by atoms with Crippen molar-refractivity contribution in [2.24, 2.45) is 0 Å². The summed E-state index contributed by atoms with van der Waals surface area (Å²) >= 11 is 0. The quantitative estimate of drug-likeness (QED) is 0.637. The molecule has 1 aromatic carbocycles. The van der Waals surface area contributed by atoms with Crippen LogP contribution in [0.5, 0.6) is 0 Å². The van der Waals surface area contributed by atoms with Gasteiger partial charge in [0.15, 0.2) is 0 Å². The minimum Gasteiger partial charge on any atom is -0.421 e. The third kappa shape index (κ3) is 2.13. The highest BCUT2D eigenvalue weighted by Crippen LogP contribution is 2.26. The summed E-state index contributed by atoms with van der Waals surface area (Å²) in [4.78, 5) is 10.1. The highest BCUT2D eigenvalue weighted by molar-refractivity contribution is 5.61. The van der Waals surface area contributed by atoms with Crippen molar-refractivity contribution in [1.29, 1.82) is 0 Å². The molecule has 1 N–H and O–H groups in total. The van der Waals surface area contributed by atoms with E-state index in [-0.39, 0.29) is 18.2 Å². The summed E-state index contributed by atoms with van der Waals surface area (Å²) in [6.45, 7) is 1.30. The lowest BCUT2D eigenvalue weighted by Crippen LogP contribution is -1.94. The second kappa shape index (κ2) is 4.30. The minimum absolute atomic E-state index is 0.0889. The van der Waals surface area contributed by atoms with Crippen molar-refractivity contribution < 1.29 is 14.4 Å². The first kappa shape index (κ1) is 11.2. The molecule has 0 amide bonds. The van der Waals surface area contributed by atoms with Gasteiger partial charge >= 0.3 is 0 Å². The van der Waals surface area contributed by atoms with Crippen molar-refractivity contribution in [3.05, 3.63) is 39.8 Å². The van der Waals surface area contributed by atoms with Crippen LogP contribution in [0.25, 0.3) is 11.5 Å². The van der Waals surface area contributed by atoms with E-state index in [9.17, 15) is 15.2 Å². The first-order chi connectivity index (χ1) is 8.11. The van der Waals surface area contributed by atoms with Gasteiger partial charge < -0.3 is 9.52 Å². The van der Waals surface area contributed by atoms with Crippen LogP contribution in [0, 0.1) is 17.0 Å². The van der Waals surface area contributed by atoms with Crippen molar-refractivity contribution in [1.82, 2.24) is 10.2 Å². The summed E-state index contributed by atoms with van der Waals surface area (Å²) in [6, 6.07) is 4.10. The fourth-order valence-corrected chi connectivity index (χ4v) is 1.44. The maximum Gasteiger partial charge on any atom is 0.269 e. The molecule has 7 nitrogen and oxygen atoms in total. The molecule has 0 fully saturated rings. The molecule has 2 rings (SSSR count). The van der Waals surface area contributed by atoms with Crippen molar-refractivity contribution in [3.63, 3.8) is 0 Å². The van der Waals surface area contributed by atoms with Crippen molar-refractivity contribution in [2.45, 2.75) is 13.5 Å². The lowest BCUT2D eigenvalue weighted by atomic mass is 10.1. The normalized spacial score (nSPS) is 10.5. The standard InChI is InChI=1S/C10H9N3O4/c1-6-11-12-10(17-6)9-3-2-8(13(15)16)4-7(9)5-14/h2-4,14H,5H2,1H3. The Morgan fingerprint density at radius 2 is 2.24 bits per heavy atom. The van der Waals surface area contributed by atoms with Crippen LogP contribution >= 0.6 is 0 Å². The van der Waals surface area contributed by atoms with Gasteiger partial charge in [0.2, 0.25) is 11.8 Å². The number of aryl methyl sites for hydroxylation is 1. The first-order valence-electron chi connectivity index (χ1n) is 4.80. The van der Waals surface area contributed by atoms with E-state index in [2.05, 4.69) is 10.2 Å². The van der Waals surface area contributed by atoms with Gasteiger partial charge in [-0.25, -0.2) is 0 Å². The smallest absolute Gasteiger partial charge is 0.269 e. The maximum absolute atomic E-state index is 10.6. The minimum atomic E-state index is -0.526. The first-order valence-corrected chi connectivity index (χ1v) is 4.80. The zero-order chi connectivity index (χ0) is 12.4. The molecule has 0 saturated heterocycles. The van der Waals surface area contributed by atoms with Crippen molar-refractivity contribution in [2.75, 3.05) is 0 Å².